The van der Waals surface area contributed by atoms with E-state index in [-0.39, 0.29) is 0 Å². The van der Waals surface area contributed by atoms with Gasteiger partial charge in [-0.1, -0.05) is 20.3 Å². The molecule has 0 aliphatic carbocycles. The van der Waals surface area contributed by atoms with Crippen LogP contribution in [0, 0.1) is 0 Å². The third-order valence-electron chi connectivity index (χ3n) is 3.58. The average Bonchev–Trinajstić information content (AvgIpc) is 2.25. The molecule has 2 nitrogen and oxygen atoms in total. The van der Waals surface area contributed by atoms with Crippen molar-refractivity contribution >= 4 is 0 Å². The first kappa shape index (κ1) is 12.0. The van der Waals surface area contributed by atoms with Gasteiger partial charge in [-0.3, -0.25) is 4.90 Å². The largest absolute Gasteiger partial charge is 0.330 e. The second-order valence-corrected chi connectivity index (χ2v) is 4.44. The van der Waals surface area contributed by atoms with Crippen LogP contribution in [-0.2, 0) is 0 Å². The summed E-state index contributed by atoms with van der Waals surface area (Å²) in [6.45, 7) is 6.69. The van der Waals surface area contributed by atoms with Crippen LogP contribution in [-0.4, -0.2) is 30.1 Å². The van der Waals surface area contributed by atoms with Crippen LogP contribution in [0.25, 0.3) is 0 Å². The van der Waals surface area contributed by atoms with Crippen LogP contribution in [0.1, 0.15) is 52.4 Å². The van der Waals surface area contributed by atoms with Crippen LogP contribution in [0.2, 0.25) is 0 Å². The molecule has 1 aliphatic rings. The zero-order valence-electron chi connectivity index (χ0n) is 9.84. The lowest BCUT2D eigenvalue weighted by atomic mass is 9.92. The zero-order valence-corrected chi connectivity index (χ0v) is 9.84. The van der Waals surface area contributed by atoms with Gasteiger partial charge in [-0.15, -0.1) is 0 Å². The van der Waals surface area contributed by atoms with Crippen molar-refractivity contribution in [1.82, 2.24) is 4.90 Å². The van der Waals surface area contributed by atoms with Gasteiger partial charge in [-0.25, -0.2) is 0 Å². The highest BCUT2D eigenvalue weighted by Gasteiger charge is 2.27. The Kier molecular flexibility index (Phi) is 5.49. The van der Waals surface area contributed by atoms with E-state index < -0.39 is 0 Å². The van der Waals surface area contributed by atoms with E-state index in [1.54, 1.807) is 0 Å². The lowest BCUT2D eigenvalue weighted by Gasteiger charge is -2.41. The fourth-order valence-electron chi connectivity index (χ4n) is 2.74. The Morgan fingerprint density at radius 1 is 1.14 bits per heavy atom. The molecule has 14 heavy (non-hydrogen) atoms. The van der Waals surface area contributed by atoms with E-state index in [1.807, 2.05) is 0 Å². The maximum Gasteiger partial charge on any atom is 0.00955 e. The van der Waals surface area contributed by atoms with E-state index in [0.717, 1.165) is 25.0 Å². The lowest BCUT2D eigenvalue weighted by Crippen LogP contribution is -2.46. The van der Waals surface area contributed by atoms with Gasteiger partial charge in [0.15, 0.2) is 0 Å². The first-order valence-corrected chi connectivity index (χ1v) is 6.29. The number of nitrogens with zero attached hydrogens (tertiary/aromatic N) is 1. The molecule has 1 rings (SSSR count). The van der Waals surface area contributed by atoms with Gasteiger partial charge in [0.25, 0.3) is 0 Å². The van der Waals surface area contributed by atoms with Crippen LogP contribution >= 0.6 is 0 Å². The highest BCUT2D eigenvalue weighted by atomic mass is 15.2. The summed E-state index contributed by atoms with van der Waals surface area (Å²) in [5.41, 5.74) is 5.59. The van der Waals surface area contributed by atoms with Gasteiger partial charge < -0.3 is 5.73 Å². The Morgan fingerprint density at radius 2 is 1.71 bits per heavy atom. The van der Waals surface area contributed by atoms with Gasteiger partial charge in [0.05, 0.1) is 0 Å². The third-order valence-corrected chi connectivity index (χ3v) is 3.58. The van der Waals surface area contributed by atoms with Crippen molar-refractivity contribution in [3.8, 4) is 0 Å². The molecular formula is C12H26N2. The maximum atomic E-state index is 5.59. The molecule has 1 fully saturated rings. The molecule has 0 radical (unpaired) electrons. The second kappa shape index (κ2) is 6.41. The first-order valence-electron chi connectivity index (χ1n) is 6.29. The smallest absolute Gasteiger partial charge is 0.00955 e. The monoisotopic (exact) mass is 198 g/mol. The molecule has 2 heteroatoms. The highest BCUT2D eigenvalue weighted by Crippen LogP contribution is 2.26. The average molecular weight is 198 g/mol. The van der Waals surface area contributed by atoms with Gasteiger partial charge in [0.2, 0.25) is 0 Å². The Bertz CT molecular complexity index is 135. The van der Waals surface area contributed by atoms with Gasteiger partial charge in [0, 0.05) is 12.1 Å². The molecule has 2 N–H and O–H groups in total. The molecule has 0 aromatic rings. The van der Waals surface area contributed by atoms with Crippen LogP contribution in [0.3, 0.4) is 0 Å². The van der Waals surface area contributed by atoms with Crippen LogP contribution < -0.4 is 5.73 Å². The number of hydrogen-bond acceptors (Lipinski definition) is 2. The summed E-state index contributed by atoms with van der Waals surface area (Å²) in [6.07, 6.45) is 8.00. The Labute approximate surface area is 88.8 Å². The molecule has 1 saturated heterocycles. The van der Waals surface area contributed by atoms with Crippen molar-refractivity contribution in [3.05, 3.63) is 0 Å². The Hall–Kier alpha value is -0.0800. The molecule has 1 aliphatic heterocycles. The van der Waals surface area contributed by atoms with E-state index in [2.05, 4.69) is 18.7 Å². The van der Waals surface area contributed by atoms with Gasteiger partial charge in [-0.2, -0.15) is 0 Å². The predicted molar refractivity (Wildman–Crippen MR) is 62.4 cm³/mol. The number of rotatable bonds is 5. The van der Waals surface area contributed by atoms with Crippen molar-refractivity contribution in [2.24, 2.45) is 5.73 Å². The van der Waals surface area contributed by atoms with Gasteiger partial charge in [-0.05, 0) is 45.2 Å². The summed E-state index contributed by atoms with van der Waals surface area (Å²) < 4.78 is 0. The van der Waals surface area contributed by atoms with Crippen LogP contribution in [0.5, 0.6) is 0 Å². The first-order chi connectivity index (χ1) is 6.83. The molecule has 0 saturated carbocycles. The minimum absolute atomic E-state index is 0.834. The van der Waals surface area contributed by atoms with E-state index in [9.17, 15) is 0 Å². The summed E-state index contributed by atoms with van der Waals surface area (Å²) in [7, 11) is 0. The molecule has 2 atom stereocenters. The fourth-order valence-corrected chi connectivity index (χ4v) is 2.74. The third kappa shape index (κ3) is 2.96. The molecule has 0 aromatic heterocycles. The van der Waals surface area contributed by atoms with Crippen LogP contribution in [0.15, 0.2) is 0 Å². The molecule has 0 spiro atoms. The van der Waals surface area contributed by atoms with E-state index in [4.69, 9.17) is 5.73 Å². The Balaban J connectivity index is 2.48. The standard InChI is InChI=1S/C12H26N2/c1-3-11-7-5-8-12(4-2)14(11)10-6-9-13/h11-12H,3-10,13H2,1-2H3. The van der Waals surface area contributed by atoms with E-state index in [0.29, 0.717) is 0 Å². The summed E-state index contributed by atoms with van der Waals surface area (Å²) in [5, 5.41) is 0. The normalized spacial score (nSPS) is 29.4. The van der Waals surface area contributed by atoms with Crippen molar-refractivity contribution in [2.45, 2.75) is 64.5 Å². The number of nitrogens with two attached hydrogens (primary N) is 1. The summed E-state index contributed by atoms with van der Waals surface area (Å²) >= 11 is 0. The molecule has 0 amide bonds. The summed E-state index contributed by atoms with van der Waals surface area (Å²) in [5.74, 6) is 0. The molecule has 84 valence electrons. The molecular weight excluding hydrogens is 172 g/mol. The minimum atomic E-state index is 0.834. The highest BCUT2D eigenvalue weighted by molar-refractivity contribution is 4.83. The number of hydrogen-bond donors (Lipinski definition) is 1. The SMILES string of the molecule is CCC1CCCC(CC)N1CCCN. The zero-order chi connectivity index (χ0) is 10.4. The summed E-state index contributed by atoms with van der Waals surface area (Å²) in [6, 6.07) is 1.67. The van der Waals surface area contributed by atoms with Crippen LogP contribution in [0.4, 0.5) is 0 Å². The van der Waals surface area contributed by atoms with Crippen molar-refractivity contribution in [1.29, 1.82) is 0 Å². The predicted octanol–water partition coefficient (Wildman–Crippen LogP) is 2.38. The minimum Gasteiger partial charge on any atom is -0.330 e. The second-order valence-electron chi connectivity index (χ2n) is 4.44. The quantitative estimate of drug-likeness (QED) is 0.735. The topological polar surface area (TPSA) is 29.3 Å². The van der Waals surface area contributed by atoms with Crippen molar-refractivity contribution in [2.75, 3.05) is 13.1 Å². The fraction of sp³-hybridized carbons (Fsp3) is 1.00. The van der Waals surface area contributed by atoms with Gasteiger partial charge >= 0.3 is 0 Å². The number of piperidine rings is 1. The molecule has 0 bridgehead atoms. The molecule has 1 heterocycles. The summed E-state index contributed by atoms with van der Waals surface area (Å²) in [4.78, 5) is 2.72. The Morgan fingerprint density at radius 3 is 2.14 bits per heavy atom. The van der Waals surface area contributed by atoms with Crippen molar-refractivity contribution in [3.63, 3.8) is 0 Å². The van der Waals surface area contributed by atoms with Crippen molar-refractivity contribution < 1.29 is 0 Å². The molecule has 2 unspecified atom stereocenters. The maximum absolute atomic E-state index is 5.59. The number of likely N-dealkylation sites (tertiary alicyclic amines) is 1. The van der Waals surface area contributed by atoms with Gasteiger partial charge in [0.1, 0.15) is 0 Å². The van der Waals surface area contributed by atoms with E-state index in [1.165, 1.54) is 38.6 Å². The van der Waals surface area contributed by atoms with E-state index >= 15 is 0 Å². The molecule has 0 aromatic carbocycles. The lowest BCUT2D eigenvalue weighted by molar-refractivity contribution is 0.0771.